The number of benzene rings is 7. The minimum Gasteiger partial charge on any atom is -0.349 e. The zero-order valence-corrected chi connectivity index (χ0v) is 36.5. The fourth-order valence-electron chi connectivity index (χ4n) is 10.9. The SMILES string of the molecule is CC(C)c1cccc(C(C)C)c1-c1ccnc(-n2c3ccccc3c3ccc(C4(c5cccc(N6CN(C(C)C)c7ccccc76)c5)c5ccccc5-c5ccccc54)cc32)c1. The van der Waals surface area contributed by atoms with Gasteiger partial charge >= 0.3 is 0 Å². The van der Waals surface area contributed by atoms with Crippen LogP contribution in [0.15, 0.2) is 176 Å². The third-order valence-electron chi connectivity index (χ3n) is 13.7. The fourth-order valence-corrected chi connectivity index (χ4v) is 10.9. The van der Waals surface area contributed by atoms with Crippen LogP contribution >= 0.6 is 0 Å². The first kappa shape index (κ1) is 38.0. The molecule has 0 spiro atoms. The first-order chi connectivity index (χ1) is 30.3. The molecule has 2 aliphatic rings. The number of anilines is 3. The summed E-state index contributed by atoms with van der Waals surface area (Å²) in [5.41, 5.74) is 18.4. The molecule has 0 saturated heterocycles. The highest BCUT2D eigenvalue weighted by Crippen LogP contribution is 2.57. The van der Waals surface area contributed by atoms with Crippen LogP contribution in [0.1, 0.15) is 86.8 Å². The van der Waals surface area contributed by atoms with Gasteiger partial charge in [-0.1, -0.05) is 149 Å². The fraction of sp³-hybridized carbons (Fsp3) is 0.190. The van der Waals surface area contributed by atoms with Gasteiger partial charge in [0, 0.05) is 28.7 Å². The van der Waals surface area contributed by atoms with Gasteiger partial charge in [0.25, 0.3) is 0 Å². The maximum atomic E-state index is 5.18. The topological polar surface area (TPSA) is 24.3 Å². The summed E-state index contributed by atoms with van der Waals surface area (Å²) < 4.78 is 2.41. The monoisotopic (exact) mass is 804 g/mol. The summed E-state index contributed by atoms with van der Waals surface area (Å²) in [6, 6.07) is 64.1. The van der Waals surface area contributed by atoms with Crippen molar-refractivity contribution in [1.82, 2.24) is 9.55 Å². The Kier molecular flexibility index (Phi) is 8.98. The Balaban J connectivity index is 1.17. The Morgan fingerprint density at radius 3 is 1.84 bits per heavy atom. The van der Waals surface area contributed by atoms with E-state index in [1.807, 2.05) is 6.20 Å². The Hall–Kier alpha value is -6.91. The zero-order valence-electron chi connectivity index (χ0n) is 36.5. The molecule has 0 unspecified atom stereocenters. The maximum Gasteiger partial charge on any atom is 0.138 e. The Morgan fingerprint density at radius 1 is 0.516 bits per heavy atom. The average molecular weight is 805 g/mol. The largest absolute Gasteiger partial charge is 0.349 e. The number of pyridine rings is 1. The molecule has 0 saturated carbocycles. The summed E-state index contributed by atoms with van der Waals surface area (Å²) in [6.07, 6.45) is 2.00. The van der Waals surface area contributed by atoms with Crippen LogP contribution < -0.4 is 9.80 Å². The quantitative estimate of drug-likeness (QED) is 0.153. The zero-order chi connectivity index (χ0) is 42.3. The highest BCUT2D eigenvalue weighted by molar-refractivity contribution is 6.09. The lowest BCUT2D eigenvalue weighted by atomic mass is 9.67. The molecule has 7 aromatic carbocycles. The molecule has 0 fully saturated rings. The molecule has 9 aromatic rings. The molecule has 0 radical (unpaired) electrons. The van der Waals surface area contributed by atoms with Gasteiger partial charge in [0.1, 0.15) is 5.82 Å². The predicted molar refractivity (Wildman–Crippen MR) is 261 cm³/mol. The van der Waals surface area contributed by atoms with Gasteiger partial charge in [-0.3, -0.25) is 4.57 Å². The van der Waals surface area contributed by atoms with E-state index in [4.69, 9.17) is 4.98 Å². The molecule has 62 heavy (non-hydrogen) atoms. The second kappa shape index (κ2) is 14.6. The molecular weight excluding hydrogens is 753 g/mol. The van der Waals surface area contributed by atoms with Crippen LogP contribution in [0.5, 0.6) is 0 Å². The van der Waals surface area contributed by atoms with Gasteiger partial charge in [0.15, 0.2) is 0 Å². The first-order valence-electron chi connectivity index (χ1n) is 22.3. The molecule has 304 valence electrons. The van der Waals surface area contributed by atoms with Crippen molar-refractivity contribution in [3.63, 3.8) is 0 Å². The Morgan fingerprint density at radius 2 is 1.13 bits per heavy atom. The Labute approximate surface area is 365 Å². The summed E-state index contributed by atoms with van der Waals surface area (Å²) >= 11 is 0. The van der Waals surface area contributed by atoms with E-state index in [-0.39, 0.29) is 0 Å². The highest BCUT2D eigenvalue weighted by Gasteiger charge is 2.46. The number of hydrogen-bond acceptors (Lipinski definition) is 3. The van der Waals surface area contributed by atoms with Gasteiger partial charge in [-0.2, -0.15) is 0 Å². The first-order valence-corrected chi connectivity index (χ1v) is 22.3. The van der Waals surface area contributed by atoms with E-state index in [2.05, 4.69) is 226 Å². The minimum absolute atomic E-state index is 0.375. The predicted octanol–water partition coefficient (Wildman–Crippen LogP) is 14.8. The van der Waals surface area contributed by atoms with Crippen LogP contribution in [0, 0.1) is 0 Å². The van der Waals surface area contributed by atoms with Crippen molar-refractivity contribution >= 4 is 38.9 Å². The average Bonchev–Trinajstić information content (AvgIpc) is 3.96. The lowest BCUT2D eigenvalue weighted by molar-refractivity contribution is 0.708. The molecule has 0 bridgehead atoms. The van der Waals surface area contributed by atoms with Crippen molar-refractivity contribution in [3.05, 3.63) is 209 Å². The van der Waals surface area contributed by atoms with Crippen LogP contribution in [0.2, 0.25) is 0 Å². The van der Waals surface area contributed by atoms with Gasteiger partial charge in [-0.25, -0.2) is 4.98 Å². The van der Waals surface area contributed by atoms with Crippen LogP contribution in [0.25, 0.3) is 49.9 Å². The molecule has 0 amide bonds. The van der Waals surface area contributed by atoms with Gasteiger partial charge in [0.2, 0.25) is 0 Å². The summed E-state index contributed by atoms with van der Waals surface area (Å²) in [5.74, 6) is 1.69. The van der Waals surface area contributed by atoms with Crippen LogP contribution in [0.4, 0.5) is 17.1 Å². The molecule has 11 rings (SSSR count). The van der Waals surface area contributed by atoms with E-state index < -0.39 is 5.41 Å². The maximum absolute atomic E-state index is 5.18. The van der Waals surface area contributed by atoms with Crippen molar-refractivity contribution in [1.29, 1.82) is 0 Å². The van der Waals surface area contributed by atoms with E-state index in [1.165, 1.54) is 83.5 Å². The lowest BCUT2D eigenvalue weighted by Gasteiger charge is -2.35. The second-order valence-electron chi connectivity index (χ2n) is 18.1. The molecular formula is C58H52N4. The van der Waals surface area contributed by atoms with Gasteiger partial charge < -0.3 is 9.80 Å². The minimum atomic E-state index is -0.590. The summed E-state index contributed by atoms with van der Waals surface area (Å²) in [6.45, 7) is 14.6. The highest BCUT2D eigenvalue weighted by atomic mass is 15.4. The molecule has 4 heteroatoms. The lowest BCUT2D eigenvalue weighted by Crippen LogP contribution is -2.33. The standard InChI is InChI=1S/C58H52N4/c1-37(2)44-22-16-23-45(38(3)4)57(44)40-31-32-59-56(33-40)62-52-26-12-9-21-48(52)49-30-29-42(35-55(49)62)58(50-24-10-7-19-46(50)47-20-8-11-25-51(47)58)41-17-15-18-43(34-41)61-36-60(39(5)6)53-27-13-14-28-54(53)61/h7-35,37-39H,36H2,1-6H3. The van der Waals surface area contributed by atoms with Gasteiger partial charge in [0.05, 0.1) is 34.5 Å². The van der Waals surface area contributed by atoms with E-state index >= 15 is 0 Å². The van der Waals surface area contributed by atoms with Crippen molar-refractivity contribution < 1.29 is 0 Å². The summed E-state index contributed by atoms with van der Waals surface area (Å²) in [7, 11) is 0. The van der Waals surface area contributed by atoms with Crippen molar-refractivity contribution in [2.24, 2.45) is 0 Å². The molecule has 2 aromatic heterocycles. The number of nitrogens with zero attached hydrogens (tertiary/aromatic N) is 4. The number of fused-ring (bicyclic) bond motifs is 7. The third-order valence-corrected chi connectivity index (χ3v) is 13.7. The van der Waals surface area contributed by atoms with Crippen LogP contribution in [-0.2, 0) is 5.41 Å². The number of para-hydroxylation sites is 3. The molecule has 0 atom stereocenters. The smallest absolute Gasteiger partial charge is 0.138 e. The number of aromatic nitrogens is 2. The van der Waals surface area contributed by atoms with Crippen molar-refractivity contribution in [2.45, 2.75) is 64.8 Å². The number of rotatable bonds is 8. The molecule has 1 aliphatic carbocycles. The van der Waals surface area contributed by atoms with E-state index in [9.17, 15) is 0 Å². The van der Waals surface area contributed by atoms with Crippen LogP contribution in [0.3, 0.4) is 0 Å². The molecule has 4 nitrogen and oxygen atoms in total. The third kappa shape index (κ3) is 5.62. The van der Waals surface area contributed by atoms with Crippen LogP contribution in [-0.4, -0.2) is 22.3 Å². The molecule has 3 heterocycles. The normalized spacial score (nSPS) is 14.1. The van der Waals surface area contributed by atoms with Crippen molar-refractivity contribution in [2.75, 3.05) is 16.5 Å². The number of hydrogen-bond donors (Lipinski definition) is 0. The van der Waals surface area contributed by atoms with E-state index in [0.717, 1.165) is 23.5 Å². The Bertz CT molecular complexity index is 3110. The van der Waals surface area contributed by atoms with Gasteiger partial charge in [-0.15, -0.1) is 0 Å². The second-order valence-corrected chi connectivity index (χ2v) is 18.1. The van der Waals surface area contributed by atoms with Crippen molar-refractivity contribution in [3.8, 4) is 28.1 Å². The van der Waals surface area contributed by atoms with E-state index in [0.29, 0.717) is 17.9 Å². The van der Waals surface area contributed by atoms with E-state index in [1.54, 1.807) is 0 Å². The summed E-state index contributed by atoms with van der Waals surface area (Å²) in [5, 5.41) is 2.44. The molecule has 0 N–H and O–H groups in total. The van der Waals surface area contributed by atoms with Gasteiger partial charge in [-0.05, 0) is 130 Å². The summed E-state index contributed by atoms with van der Waals surface area (Å²) in [4.78, 5) is 10.2. The molecule has 1 aliphatic heterocycles.